The van der Waals surface area contributed by atoms with Crippen LogP contribution in [-0.4, -0.2) is 16.1 Å². The second kappa shape index (κ2) is 4.72. The number of pyridine rings is 1. The molecule has 0 saturated heterocycles. The maximum atomic E-state index is 12.6. The number of carboxylic acids is 1. The predicted molar refractivity (Wildman–Crippen MR) is 61.6 cm³/mol. The lowest BCUT2D eigenvalue weighted by molar-refractivity contribution is -0.137. The Kier molecular flexibility index (Phi) is 3.25. The van der Waals surface area contributed by atoms with E-state index in [-0.39, 0.29) is 16.8 Å². The molecule has 3 nitrogen and oxygen atoms in total. The summed E-state index contributed by atoms with van der Waals surface area (Å²) in [5.74, 6) is -1.24. The molecule has 0 saturated carbocycles. The summed E-state index contributed by atoms with van der Waals surface area (Å²) in [6.07, 6.45) is -3.14. The zero-order valence-corrected chi connectivity index (χ0v) is 9.48. The van der Waals surface area contributed by atoms with Crippen LogP contribution in [-0.2, 0) is 6.18 Å². The van der Waals surface area contributed by atoms with Crippen molar-refractivity contribution in [2.45, 2.75) is 6.18 Å². The Bertz CT molecular complexity index is 623. The van der Waals surface area contributed by atoms with Crippen LogP contribution in [0.5, 0.6) is 0 Å². The fraction of sp³-hybridized carbons (Fsp3) is 0.0769. The van der Waals surface area contributed by atoms with Crippen LogP contribution in [0.3, 0.4) is 0 Å². The molecule has 98 valence electrons. The van der Waals surface area contributed by atoms with E-state index < -0.39 is 17.7 Å². The number of nitrogens with zero attached hydrogens (tertiary/aromatic N) is 1. The van der Waals surface area contributed by atoms with E-state index in [9.17, 15) is 18.0 Å². The van der Waals surface area contributed by atoms with Gasteiger partial charge in [0, 0.05) is 11.8 Å². The van der Waals surface area contributed by atoms with Gasteiger partial charge in [-0.15, -0.1) is 0 Å². The molecule has 0 bridgehead atoms. The first kappa shape index (κ1) is 13.1. The number of aromatic carboxylic acids is 1. The molecule has 1 aromatic carbocycles. The second-order valence-corrected chi connectivity index (χ2v) is 3.78. The zero-order chi connectivity index (χ0) is 14.0. The third-order valence-electron chi connectivity index (χ3n) is 2.50. The monoisotopic (exact) mass is 267 g/mol. The standard InChI is InChI=1S/C13H8F3NO2/c14-13(15,16)9-4-1-3-8(7-9)11-10(12(18)19)5-2-6-17-11/h1-7H,(H,18,19). The van der Waals surface area contributed by atoms with Crippen LogP contribution in [0, 0.1) is 0 Å². The molecule has 0 radical (unpaired) electrons. The van der Waals surface area contributed by atoms with Crippen molar-refractivity contribution in [3.63, 3.8) is 0 Å². The topological polar surface area (TPSA) is 50.2 Å². The van der Waals surface area contributed by atoms with Gasteiger partial charge in [0.1, 0.15) is 0 Å². The number of aromatic nitrogens is 1. The van der Waals surface area contributed by atoms with Crippen molar-refractivity contribution in [2.75, 3.05) is 0 Å². The average Bonchev–Trinajstić information content (AvgIpc) is 2.38. The summed E-state index contributed by atoms with van der Waals surface area (Å²) in [6.45, 7) is 0. The molecule has 0 amide bonds. The highest BCUT2D eigenvalue weighted by Crippen LogP contribution is 2.32. The van der Waals surface area contributed by atoms with Crippen molar-refractivity contribution < 1.29 is 23.1 Å². The Morgan fingerprint density at radius 1 is 1.16 bits per heavy atom. The van der Waals surface area contributed by atoms with Crippen LogP contribution in [0.1, 0.15) is 15.9 Å². The van der Waals surface area contributed by atoms with E-state index in [4.69, 9.17) is 5.11 Å². The van der Waals surface area contributed by atoms with Crippen LogP contribution >= 0.6 is 0 Å². The lowest BCUT2D eigenvalue weighted by atomic mass is 10.0. The molecule has 0 atom stereocenters. The molecular weight excluding hydrogens is 259 g/mol. The quantitative estimate of drug-likeness (QED) is 0.906. The smallest absolute Gasteiger partial charge is 0.416 e. The molecule has 0 unspecified atom stereocenters. The number of alkyl halides is 3. The van der Waals surface area contributed by atoms with Crippen molar-refractivity contribution in [3.8, 4) is 11.3 Å². The minimum Gasteiger partial charge on any atom is -0.478 e. The van der Waals surface area contributed by atoms with Crippen LogP contribution in [0.2, 0.25) is 0 Å². The third-order valence-corrected chi connectivity index (χ3v) is 2.50. The van der Waals surface area contributed by atoms with Crippen LogP contribution in [0.15, 0.2) is 42.6 Å². The van der Waals surface area contributed by atoms with Gasteiger partial charge in [-0.25, -0.2) is 4.79 Å². The number of benzene rings is 1. The van der Waals surface area contributed by atoms with E-state index in [0.29, 0.717) is 0 Å². The molecule has 0 aliphatic rings. The lowest BCUT2D eigenvalue weighted by Gasteiger charge is -2.09. The summed E-state index contributed by atoms with van der Waals surface area (Å²) in [4.78, 5) is 14.9. The molecule has 0 fully saturated rings. The fourth-order valence-corrected chi connectivity index (χ4v) is 1.65. The van der Waals surface area contributed by atoms with Crippen molar-refractivity contribution >= 4 is 5.97 Å². The van der Waals surface area contributed by atoms with Gasteiger partial charge in [-0.2, -0.15) is 13.2 Å². The largest absolute Gasteiger partial charge is 0.478 e. The van der Waals surface area contributed by atoms with Gasteiger partial charge < -0.3 is 5.11 Å². The van der Waals surface area contributed by atoms with Gasteiger partial charge in [-0.1, -0.05) is 12.1 Å². The predicted octanol–water partition coefficient (Wildman–Crippen LogP) is 3.47. The fourth-order valence-electron chi connectivity index (χ4n) is 1.65. The number of hydrogen-bond acceptors (Lipinski definition) is 2. The highest BCUT2D eigenvalue weighted by Gasteiger charge is 2.30. The Morgan fingerprint density at radius 2 is 1.89 bits per heavy atom. The van der Waals surface area contributed by atoms with E-state index >= 15 is 0 Å². The van der Waals surface area contributed by atoms with Gasteiger partial charge in [0.15, 0.2) is 0 Å². The van der Waals surface area contributed by atoms with Gasteiger partial charge in [-0.3, -0.25) is 4.98 Å². The van der Waals surface area contributed by atoms with E-state index in [1.807, 2.05) is 0 Å². The minimum absolute atomic E-state index is 0.0149. The number of carboxylic acid groups (broad SMARTS) is 1. The number of carbonyl (C=O) groups is 1. The maximum Gasteiger partial charge on any atom is 0.416 e. The normalized spacial score (nSPS) is 11.3. The van der Waals surface area contributed by atoms with Crippen LogP contribution in [0.25, 0.3) is 11.3 Å². The summed E-state index contributed by atoms with van der Waals surface area (Å²) < 4.78 is 37.8. The number of halogens is 3. The summed E-state index contributed by atoms with van der Waals surface area (Å²) in [5.41, 5.74) is -0.845. The summed E-state index contributed by atoms with van der Waals surface area (Å²) >= 11 is 0. The Hall–Kier alpha value is -2.37. The van der Waals surface area contributed by atoms with Crippen molar-refractivity contribution in [2.24, 2.45) is 0 Å². The summed E-state index contributed by atoms with van der Waals surface area (Å²) in [7, 11) is 0. The van der Waals surface area contributed by atoms with E-state index in [0.717, 1.165) is 12.1 Å². The maximum absolute atomic E-state index is 12.6. The molecule has 1 aromatic heterocycles. The molecule has 2 rings (SSSR count). The van der Waals surface area contributed by atoms with Crippen molar-refractivity contribution in [1.82, 2.24) is 4.98 Å². The Morgan fingerprint density at radius 3 is 2.53 bits per heavy atom. The highest BCUT2D eigenvalue weighted by molar-refractivity contribution is 5.94. The SMILES string of the molecule is O=C(O)c1cccnc1-c1cccc(C(F)(F)F)c1. The molecule has 6 heteroatoms. The van der Waals surface area contributed by atoms with Crippen LogP contribution in [0.4, 0.5) is 13.2 Å². The van der Waals surface area contributed by atoms with Gasteiger partial charge in [0.05, 0.1) is 16.8 Å². The average molecular weight is 267 g/mol. The molecule has 1 heterocycles. The summed E-state index contributed by atoms with van der Waals surface area (Å²) in [5, 5.41) is 8.99. The lowest BCUT2D eigenvalue weighted by Crippen LogP contribution is -2.06. The van der Waals surface area contributed by atoms with Gasteiger partial charge in [-0.05, 0) is 24.3 Å². The molecule has 1 N–H and O–H groups in total. The first-order valence-electron chi connectivity index (χ1n) is 5.25. The molecule has 2 aromatic rings. The van der Waals surface area contributed by atoms with Crippen molar-refractivity contribution in [3.05, 3.63) is 53.7 Å². The third kappa shape index (κ3) is 2.73. The first-order chi connectivity index (χ1) is 8.89. The highest BCUT2D eigenvalue weighted by atomic mass is 19.4. The minimum atomic E-state index is -4.48. The Balaban J connectivity index is 2.57. The zero-order valence-electron chi connectivity index (χ0n) is 9.48. The van der Waals surface area contributed by atoms with E-state index in [1.165, 1.54) is 30.5 Å². The molecular formula is C13H8F3NO2. The number of rotatable bonds is 2. The van der Waals surface area contributed by atoms with E-state index in [1.54, 1.807) is 0 Å². The molecule has 19 heavy (non-hydrogen) atoms. The van der Waals surface area contributed by atoms with Crippen LogP contribution < -0.4 is 0 Å². The number of hydrogen-bond donors (Lipinski definition) is 1. The van der Waals surface area contributed by atoms with Gasteiger partial charge in [0.25, 0.3) is 0 Å². The first-order valence-corrected chi connectivity index (χ1v) is 5.25. The Labute approximate surface area is 106 Å². The second-order valence-electron chi connectivity index (χ2n) is 3.78. The molecule has 0 aliphatic heterocycles. The molecule has 0 spiro atoms. The van der Waals surface area contributed by atoms with Crippen molar-refractivity contribution in [1.29, 1.82) is 0 Å². The molecule has 0 aliphatic carbocycles. The van der Waals surface area contributed by atoms with Gasteiger partial charge >= 0.3 is 12.1 Å². The van der Waals surface area contributed by atoms with Gasteiger partial charge in [0.2, 0.25) is 0 Å². The summed E-state index contributed by atoms with van der Waals surface area (Å²) in [6, 6.07) is 7.13. The van der Waals surface area contributed by atoms with E-state index in [2.05, 4.69) is 4.98 Å².